The lowest BCUT2D eigenvalue weighted by Gasteiger charge is -2.49. The summed E-state index contributed by atoms with van der Waals surface area (Å²) >= 11 is 0. The van der Waals surface area contributed by atoms with Crippen molar-refractivity contribution in [1.82, 2.24) is 14.8 Å². The number of ketones is 1. The maximum atomic E-state index is 13.8. The minimum absolute atomic E-state index is 0.0480. The fraction of sp³-hybridized carbons (Fsp3) is 0.409. The minimum Gasteiger partial charge on any atom is -0.503 e. The van der Waals surface area contributed by atoms with Crippen LogP contribution in [0.15, 0.2) is 29.2 Å². The maximum absolute atomic E-state index is 13.8. The number of carbonyl (C=O) groups excluding carboxylic acids is 2. The SMILES string of the molecule is CN1CCC[C@]2(C)C(=O)c3c(O)c(=O)c(C(=O)NCc4ccc(F)cc4F)cn3C[C@H]12. The van der Waals surface area contributed by atoms with E-state index in [9.17, 15) is 28.3 Å². The van der Waals surface area contributed by atoms with E-state index in [-0.39, 0.29) is 35.2 Å². The van der Waals surface area contributed by atoms with E-state index in [0.717, 1.165) is 19.0 Å². The molecular formula is C22H23F2N3O4. The molecule has 1 fully saturated rings. The van der Waals surface area contributed by atoms with E-state index in [2.05, 4.69) is 10.2 Å². The third kappa shape index (κ3) is 3.42. The Balaban J connectivity index is 1.66. The van der Waals surface area contributed by atoms with Crippen LogP contribution in [0, 0.1) is 17.0 Å². The van der Waals surface area contributed by atoms with Crippen LogP contribution in [0.1, 0.15) is 46.2 Å². The van der Waals surface area contributed by atoms with E-state index in [0.29, 0.717) is 19.0 Å². The van der Waals surface area contributed by atoms with Gasteiger partial charge in [-0.15, -0.1) is 0 Å². The zero-order valence-corrected chi connectivity index (χ0v) is 17.2. The van der Waals surface area contributed by atoms with Crippen LogP contribution in [0.2, 0.25) is 0 Å². The average molecular weight is 431 g/mol. The molecule has 0 bridgehead atoms. The molecule has 0 aliphatic carbocycles. The first kappa shape index (κ1) is 21.2. The van der Waals surface area contributed by atoms with Crippen LogP contribution >= 0.6 is 0 Å². The number of nitrogens with zero attached hydrogens (tertiary/aromatic N) is 2. The van der Waals surface area contributed by atoms with Crippen molar-refractivity contribution in [3.8, 4) is 5.75 Å². The largest absolute Gasteiger partial charge is 0.503 e. The molecule has 2 N–H and O–H groups in total. The van der Waals surface area contributed by atoms with E-state index in [1.54, 1.807) is 0 Å². The van der Waals surface area contributed by atoms with Crippen molar-refractivity contribution < 1.29 is 23.5 Å². The second-order valence-corrected chi connectivity index (χ2v) is 8.49. The van der Waals surface area contributed by atoms with Gasteiger partial charge in [-0.3, -0.25) is 14.4 Å². The van der Waals surface area contributed by atoms with Crippen LogP contribution in [-0.4, -0.2) is 45.9 Å². The molecule has 31 heavy (non-hydrogen) atoms. The van der Waals surface area contributed by atoms with Crippen molar-refractivity contribution >= 4 is 11.7 Å². The highest BCUT2D eigenvalue weighted by molar-refractivity contribution is 6.03. The number of halogens is 2. The first-order valence-electron chi connectivity index (χ1n) is 10.1. The lowest BCUT2D eigenvalue weighted by Crippen LogP contribution is -2.58. The highest BCUT2D eigenvalue weighted by Gasteiger charge is 2.50. The summed E-state index contributed by atoms with van der Waals surface area (Å²) in [6.45, 7) is 2.75. The predicted octanol–water partition coefficient (Wildman–Crippen LogP) is 2.06. The van der Waals surface area contributed by atoms with Crippen LogP contribution < -0.4 is 10.7 Å². The number of piperidine rings is 1. The number of Topliss-reactive ketones (excluding diaryl/α,β-unsaturated/α-hetero) is 1. The topological polar surface area (TPSA) is 91.6 Å². The smallest absolute Gasteiger partial charge is 0.257 e. The monoisotopic (exact) mass is 431 g/mol. The lowest BCUT2D eigenvalue weighted by molar-refractivity contribution is 0.0188. The number of aromatic nitrogens is 1. The molecule has 4 rings (SSSR count). The number of nitrogens with one attached hydrogen (secondary N) is 1. The van der Waals surface area contributed by atoms with Gasteiger partial charge in [0.25, 0.3) is 5.91 Å². The molecule has 1 amide bonds. The van der Waals surface area contributed by atoms with Gasteiger partial charge in [0.05, 0.1) is 0 Å². The maximum Gasteiger partial charge on any atom is 0.257 e. The normalized spacial score (nSPS) is 23.2. The molecule has 1 aromatic heterocycles. The van der Waals surface area contributed by atoms with E-state index < -0.39 is 34.1 Å². The number of amides is 1. The van der Waals surface area contributed by atoms with E-state index in [4.69, 9.17) is 0 Å². The van der Waals surface area contributed by atoms with Gasteiger partial charge in [0.15, 0.2) is 11.5 Å². The zero-order chi connectivity index (χ0) is 22.5. The van der Waals surface area contributed by atoms with Crippen LogP contribution in [0.25, 0.3) is 0 Å². The van der Waals surface area contributed by atoms with Crippen LogP contribution in [0.4, 0.5) is 8.78 Å². The summed E-state index contributed by atoms with van der Waals surface area (Å²) in [5.41, 5.74) is -2.06. The summed E-state index contributed by atoms with van der Waals surface area (Å²) in [5, 5.41) is 12.9. The van der Waals surface area contributed by atoms with Gasteiger partial charge in [0.2, 0.25) is 5.43 Å². The number of benzene rings is 1. The van der Waals surface area contributed by atoms with Gasteiger partial charge in [-0.05, 0) is 32.5 Å². The number of hydrogen-bond acceptors (Lipinski definition) is 5. The van der Waals surface area contributed by atoms with Crippen LogP contribution in [0.3, 0.4) is 0 Å². The summed E-state index contributed by atoms with van der Waals surface area (Å²) in [5.74, 6) is -3.45. The van der Waals surface area contributed by atoms with Gasteiger partial charge in [0.1, 0.15) is 22.9 Å². The Bertz CT molecular complexity index is 1150. The van der Waals surface area contributed by atoms with E-state index in [1.165, 1.54) is 16.8 Å². The summed E-state index contributed by atoms with van der Waals surface area (Å²) in [6, 6.07) is 2.82. The quantitative estimate of drug-likeness (QED) is 0.776. The number of carbonyl (C=O) groups is 2. The Morgan fingerprint density at radius 2 is 2.06 bits per heavy atom. The first-order valence-corrected chi connectivity index (χ1v) is 10.1. The minimum atomic E-state index is -0.956. The summed E-state index contributed by atoms with van der Waals surface area (Å²) in [6.07, 6.45) is 2.76. The average Bonchev–Trinajstić information content (AvgIpc) is 2.71. The molecule has 2 atom stereocenters. The predicted molar refractivity (Wildman–Crippen MR) is 108 cm³/mol. The molecule has 2 aromatic rings. The van der Waals surface area contributed by atoms with Crippen molar-refractivity contribution in [2.45, 2.75) is 38.9 Å². The molecular weight excluding hydrogens is 408 g/mol. The molecule has 1 aromatic carbocycles. The Hall–Kier alpha value is -3.07. The molecule has 1 saturated heterocycles. The number of likely N-dealkylation sites (N-methyl/N-ethyl adjacent to an activating group) is 1. The van der Waals surface area contributed by atoms with Crippen molar-refractivity contribution in [3.05, 3.63) is 63.1 Å². The van der Waals surface area contributed by atoms with Crippen LogP contribution in [0.5, 0.6) is 5.75 Å². The molecule has 0 unspecified atom stereocenters. The number of pyridine rings is 1. The number of aromatic hydroxyl groups is 1. The van der Waals surface area contributed by atoms with Gasteiger partial charge in [-0.25, -0.2) is 8.78 Å². The second-order valence-electron chi connectivity index (χ2n) is 8.49. The number of rotatable bonds is 3. The number of fused-ring (bicyclic) bond motifs is 2. The van der Waals surface area contributed by atoms with Gasteiger partial charge in [-0.2, -0.15) is 0 Å². The third-order valence-electron chi connectivity index (χ3n) is 6.53. The number of hydrogen-bond donors (Lipinski definition) is 2. The Labute approximate surface area is 177 Å². The van der Waals surface area contributed by atoms with E-state index >= 15 is 0 Å². The number of likely N-dealkylation sites (tertiary alicyclic amines) is 1. The molecule has 2 aliphatic rings. The summed E-state index contributed by atoms with van der Waals surface area (Å²) in [4.78, 5) is 40.6. The molecule has 0 spiro atoms. The van der Waals surface area contributed by atoms with Gasteiger partial charge >= 0.3 is 0 Å². The summed E-state index contributed by atoms with van der Waals surface area (Å²) in [7, 11) is 1.92. The Morgan fingerprint density at radius 3 is 2.77 bits per heavy atom. The lowest BCUT2D eigenvalue weighted by atomic mass is 9.68. The Morgan fingerprint density at radius 1 is 1.32 bits per heavy atom. The van der Waals surface area contributed by atoms with Crippen molar-refractivity contribution in [1.29, 1.82) is 0 Å². The molecule has 0 radical (unpaired) electrons. The van der Waals surface area contributed by atoms with Gasteiger partial charge in [-0.1, -0.05) is 13.0 Å². The van der Waals surface area contributed by atoms with Crippen molar-refractivity contribution in [3.63, 3.8) is 0 Å². The molecule has 7 nitrogen and oxygen atoms in total. The molecule has 2 aliphatic heterocycles. The highest BCUT2D eigenvalue weighted by atomic mass is 19.1. The molecule has 3 heterocycles. The summed E-state index contributed by atoms with van der Waals surface area (Å²) < 4.78 is 28.3. The van der Waals surface area contributed by atoms with Gasteiger partial charge in [0, 0.05) is 42.4 Å². The standard InChI is InChI=1S/C22H23F2N3O4/c1-22-6-3-7-26(2)16(22)11-27-10-14(18(28)19(29)17(27)20(22)30)21(31)25-9-12-4-5-13(23)8-15(12)24/h4-5,8,10,16,29H,3,6-7,9,11H2,1-2H3,(H,25,31)/t16-,22-/m0/s1. The van der Waals surface area contributed by atoms with Crippen molar-refractivity contribution in [2.24, 2.45) is 5.41 Å². The zero-order valence-electron chi connectivity index (χ0n) is 17.2. The Kier molecular flexibility index (Phi) is 5.17. The fourth-order valence-electron chi connectivity index (χ4n) is 4.70. The van der Waals surface area contributed by atoms with Crippen LogP contribution in [-0.2, 0) is 13.1 Å². The van der Waals surface area contributed by atoms with Gasteiger partial charge < -0.3 is 19.9 Å². The molecule has 0 saturated carbocycles. The van der Waals surface area contributed by atoms with Crippen molar-refractivity contribution in [2.75, 3.05) is 13.6 Å². The fourth-order valence-corrected chi connectivity index (χ4v) is 4.70. The second kappa shape index (κ2) is 7.56. The molecule has 164 valence electrons. The third-order valence-corrected chi connectivity index (χ3v) is 6.53. The molecule has 9 heteroatoms. The highest BCUT2D eigenvalue weighted by Crippen LogP contribution is 2.43. The van der Waals surface area contributed by atoms with E-state index in [1.807, 2.05) is 14.0 Å². The first-order chi connectivity index (χ1) is 14.6.